The largest absolute Gasteiger partial charge is 0.497 e. The number of rotatable bonds is 5. The Bertz CT molecular complexity index is 296. The van der Waals surface area contributed by atoms with Gasteiger partial charge in [0.05, 0.1) is 13.2 Å². The SMILES string of the molecule is CCCC(O)C(C)c1cccc(OC)c1. The fraction of sp³-hybridized carbons (Fsp3) is 0.538. The molecule has 0 saturated carbocycles. The van der Waals surface area contributed by atoms with Gasteiger partial charge in [0.1, 0.15) is 5.75 Å². The predicted molar refractivity (Wildman–Crippen MR) is 62.3 cm³/mol. The Hall–Kier alpha value is -1.02. The molecule has 0 heterocycles. The second kappa shape index (κ2) is 5.76. The van der Waals surface area contributed by atoms with Gasteiger partial charge in [0.2, 0.25) is 0 Å². The van der Waals surface area contributed by atoms with Gasteiger partial charge in [-0.3, -0.25) is 0 Å². The van der Waals surface area contributed by atoms with Gasteiger partial charge < -0.3 is 9.84 Å². The predicted octanol–water partition coefficient (Wildman–Crippen LogP) is 2.96. The lowest BCUT2D eigenvalue weighted by Crippen LogP contribution is -2.15. The van der Waals surface area contributed by atoms with Crippen LogP contribution in [0.4, 0.5) is 0 Å². The summed E-state index contributed by atoms with van der Waals surface area (Å²) in [5.41, 5.74) is 1.13. The lowest BCUT2D eigenvalue weighted by molar-refractivity contribution is 0.138. The maximum absolute atomic E-state index is 9.89. The fourth-order valence-electron chi connectivity index (χ4n) is 1.69. The van der Waals surface area contributed by atoms with E-state index < -0.39 is 0 Å². The standard InChI is InChI=1S/C13H20O2/c1-4-6-13(14)10(2)11-7-5-8-12(9-11)15-3/h5,7-10,13-14H,4,6H2,1-3H3. The van der Waals surface area contributed by atoms with Crippen LogP contribution in [0, 0.1) is 0 Å². The van der Waals surface area contributed by atoms with Crippen LogP contribution in [0.2, 0.25) is 0 Å². The van der Waals surface area contributed by atoms with E-state index in [9.17, 15) is 5.11 Å². The maximum Gasteiger partial charge on any atom is 0.119 e. The van der Waals surface area contributed by atoms with Gasteiger partial charge in [0.25, 0.3) is 0 Å². The maximum atomic E-state index is 9.89. The summed E-state index contributed by atoms with van der Waals surface area (Å²) in [5.74, 6) is 1.02. The summed E-state index contributed by atoms with van der Waals surface area (Å²) >= 11 is 0. The minimum absolute atomic E-state index is 0.167. The average Bonchev–Trinajstić information content (AvgIpc) is 2.28. The molecule has 0 aliphatic carbocycles. The van der Waals surface area contributed by atoms with Crippen LogP contribution in [0.15, 0.2) is 24.3 Å². The highest BCUT2D eigenvalue weighted by Crippen LogP contribution is 2.25. The van der Waals surface area contributed by atoms with Crippen molar-refractivity contribution in [3.8, 4) is 5.75 Å². The second-order valence-corrected chi connectivity index (χ2v) is 3.92. The van der Waals surface area contributed by atoms with E-state index >= 15 is 0 Å². The first-order chi connectivity index (χ1) is 7.19. The first kappa shape index (κ1) is 12.1. The van der Waals surface area contributed by atoms with Crippen LogP contribution in [0.3, 0.4) is 0 Å². The van der Waals surface area contributed by atoms with Crippen molar-refractivity contribution < 1.29 is 9.84 Å². The summed E-state index contributed by atoms with van der Waals surface area (Å²) in [4.78, 5) is 0. The first-order valence-electron chi connectivity index (χ1n) is 5.51. The van der Waals surface area contributed by atoms with Crippen molar-refractivity contribution >= 4 is 0 Å². The minimum Gasteiger partial charge on any atom is -0.497 e. The molecule has 0 aliphatic rings. The van der Waals surface area contributed by atoms with Crippen LogP contribution in [0.1, 0.15) is 38.2 Å². The van der Waals surface area contributed by atoms with E-state index in [-0.39, 0.29) is 12.0 Å². The van der Waals surface area contributed by atoms with E-state index in [1.54, 1.807) is 7.11 Å². The number of ether oxygens (including phenoxy) is 1. The minimum atomic E-state index is -0.262. The van der Waals surface area contributed by atoms with Gasteiger partial charge in [-0.25, -0.2) is 0 Å². The van der Waals surface area contributed by atoms with E-state index in [4.69, 9.17) is 4.74 Å². The van der Waals surface area contributed by atoms with Gasteiger partial charge in [0, 0.05) is 5.92 Å². The summed E-state index contributed by atoms with van der Waals surface area (Å²) in [6.45, 7) is 4.14. The van der Waals surface area contributed by atoms with Gasteiger partial charge in [-0.1, -0.05) is 32.4 Å². The molecular weight excluding hydrogens is 188 g/mol. The summed E-state index contributed by atoms with van der Waals surface area (Å²) in [5, 5.41) is 9.89. The van der Waals surface area contributed by atoms with Gasteiger partial charge in [-0.05, 0) is 24.1 Å². The van der Waals surface area contributed by atoms with Gasteiger partial charge in [0.15, 0.2) is 0 Å². The molecule has 1 aromatic rings. The Morgan fingerprint density at radius 2 is 2.13 bits per heavy atom. The third-order valence-corrected chi connectivity index (χ3v) is 2.78. The summed E-state index contributed by atoms with van der Waals surface area (Å²) < 4.78 is 5.16. The molecule has 2 unspecified atom stereocenters. The Kier molecular flexibility index (Phi) is 4.63. The molecule has 0 aromatic heterocycles. The number of hydrogen-bond acceptors (Lipinski definition) is 2. The zero-order valence-electron chi connectivity index (χ0n) is 9.73. The van der Waals surface area contributed by atoms with E-state index in [0.29, 0.717) is 0 Å². The molecular formula is C13H20O2. The molecule has 0 bridgehead atoms. The summed E-state index contributed by atoms with van der Waals surface area (Å²) in [7, 11) is 1.66. The molecule has 1 N–H and O–H groups in total. The smallest absolute Gasteiger partial charge is 0.119 e. The average molecular weight is 208 g/mol. The van der Waals surface area contributed by atoms with Gasteiger partial charge >= 0.3 is 0 Å². The number of methoxy groups -OCH3 is 1. The molecule has 0 radical (unpaired) electrons. The highest BCUT2D eigenvalue weighted by atomic mass is 16.5. The van der Waals surface area contributed by atoms with Crippen LogP contribution in [0.25, 0.3) is 0 Å². The van der Waals surface area contributed by atoms with Gasteiger partial charge in [-0.2, -0.15) is 0 Å². The lowest BCUT2D eigenvalue weighted by atomic mass is 9.93. The van der Waals surface area contributed by atoms with E-state index in [1.807, 2.05) is 24.3 Å². The van der Waals surface area contributed by atoms with E-state index in [1.165, 1.54) is 0 Å². The van der Waals surface area contributed by atoms with Crippen molar-refractivity contribution in [2.75, 3.05) is 7.11 Å². The number of aliphatic hydroxyl groups is 1. The van der Waals surface area contributed by atoms with Crippen LogP contribution < -0.4 is 4.74 Å². The van der Waals surface area contributed by atoms with Crippen molar-refractivity contribution in [1.82, 2.24) is 0 Å². The number of benzene rings is 1. The molecule has 0 saturated heterocycles. The molecule has 1 aromatic carbocycles. The van der Waals surface area contributed by atoms with E-state index in [0.717, 1.165) is 24.2 Å². The molecule has 2 heteroatoms. The molecule has 84 valence electrons. The number of hydrogen-bond donors (Lipinski definition) is 1. The van der Waals surface area contributed by atoms with Gasteiger partial charge in [-0.15, -0.1) is 0 Å². The number of aliphatic hydroxyl groups excluding tert-OH is 1. The molecule has 15 heavy (non-hydrogen) atoms. The zero-order chi connectivity index (χ0) is 11.3. The summed E-state index contributed by atoms with van der Waals surface area (Å²) in [6, 6.07) is 7.90. The molecule has 2 nitrogen and oxygen atoms in total. The Morgan fingerprint density at radius 1 is 1.40 bits per heavy atom. The molecule has 1 rings (SSSR count). The third kappa shape index (κ3) is 3.24. The molecule has 0 amide bonds. The molecule has 0 fully saturated rings. The van der Waals surface area contributed by atoms with Crippen molar-refractivity contribution in [2.24, 2.45) is 0 Å². The normalized spacial score (nSPS) is 14.7. The Balaban J connectivity index is 2.76. The van der Waals surface area contributed by atoms with Crippen LogP contribution in [-0.4, -0.2) is 18.3 Å². The highest BCUT2D eigenvalue weighted by molar-refractivity contribution is 5.31. The summed E-state index contributed by atoms with van der Waals surface area (Å²) in [6.07, 6.45) is 1.59. The van der Waals surface area contributed by atoms with Crippen LogP contribution in [0.5, 0.6) is 5.75 Å². The first-order valence-corrected chi connectivity index (χ1v) is 5.51. The third-order valence-electron chi connectivity index (χ3n) is 2.78. The molecule has 2 atom stereocenters. The van der Waals surface area contributed by atoms with Crippen LogP contribution in [-0.2, 0) is 0 Å². The Labute approximate surface area is 91.9 Å². The van der Waals surface area contributed by atoms with Crippen molar-refractivity contribution in [3.05, 3.63) is 29.8 Å². The monoisotopic (exact) mass is 208 g/mol. The second-order valence-electron chi connectivity index (χ2n) is 3.92. The molecule has 0 aliphatic heterocycles. The lowest BCUT2D eigenvalue weighted by Gasteiger charge is -2.19. The topological polar surface area (TPSA) is 29.5 Å². The van der Waals surface area contributed by atoms with Crippen molar-refractivity contribution in [3.63, 3.8) is 0 Å². The highest BCUT2D eigenvalue weighted by Gasteiger charge is 2.15. The molecule has 0 spiro atoms. The zero-order valence-corrected chi connectivity index (χ0v) is 9.73. The van der Waals surface area contributed by atoms with Crippen molar-refractivity contribution in [2.45, 2.75) is 38.7 Å². The van der Waals surface area contributed by atoms with Crippen LogP contribution >= 0.6 is 0 Å². The fourth-order valence-corrected chi connectivity index (χ4v) is 1.69. The Morgan fingerprint density at radius 3 is 2.73 bits per heavy atom. The van der Waals surface area contributed by atoms with E-state index in [2.05, 4.69) is 13.8 Å². The van der Waals surface area contributed by atoms with Crippen molar-refractivity contribution in [1.29, 1.82) is 0 Å². The quantitative estimate of drug-likeness (QED) is 0.806.